The van der Waals surface area contributed by atoms with Crippen LogP contribution in [0.15, 0.2) is 23.8 Å². The molecule has 13 heavy (non-hydrogen) atoms. The Hall–Kier alpha value is -0.560. The molecule has 0 spiro atoms. The normalized spacial score (nSPS) is 21.0. The SMILES string of the molecule is CCC(C1=CCCC=C1)C(C)CN. The van der Waals surface area contributed by atoms with Gasteiger partial charge in [0.15, 0.2) is 0 Å². The molecule has 1 aliphatic carbocycles. The molecule has 0 aliphatic heterocycles. The van der Waals surface area contributed by atoms with Crippen molar-refractivity contribution >= 4 is 0 Å². The topological polar surface area (TPSA) is 26.0 Å². The number of allylic oxidation sites excluding steroid dienone is 4. The van der Waals surface area contributed by atoms with E-state index in [4.69, 9.17) is 5.73 Å². The van der Waals surface area contributed by atoms with Crippen LogP contribution in [0.1, 0.15) is 33.1 Å². The van der Waals surface area contributed by atoms with E-state index in [-0.39, 0.29) is 0 Å². The van der Waals surface area contributed by atoms with E-state index < -0.39 is 0 Å². The average Bonchev–Trinajstić information content (AvgIpc) is 2.20. The van der Waals surface area contributed by atoms with Crippen LogP contribution in [-0.4, -0.2) is 6.54 Å². The van der Waals surface area contributed by atoms with Gasteiger partial charge in [-0.25, -0.2) is 0 Å². The Morgan fingerprint density at radius 1 is 1.46 bits per heavy atom. The highest BCUT2D eigenvalue weighted by Gasteiger charge is 2.17. The Labute approximate surface area is 81.7 Å². The fraction of sp³-hybridized carbons (Fsp3) is 0.667. The molecule has 74 valence electrons. The molecule has 1 rings (SSSR count). The lowest BCUT2D eigenvalue weighted by Gasteiger charge is -2.24. The van der Waals surface area contributed by atoms with E-state index in [1.54, 1.807) is 0 Å². The van der Waals surface area contributed by atoms with Gasteiger partial charge in [0, 0.05) is 0 Å². The van der Waals surface area contributed by atoms with Crippen molar-refractivity contribution in [1.82, 2.24) is 0 Å². The Balaban J connectivity index is 2.65. The first-order chi connectivity index (χ1) is 6.29. The number of nitrogens with two attached hydrogens (primary N) is 1. The third-order valence-electron chi connectivity index (χ3n) is 2.95. The summed E-state index contributed by atoms with van der Waals surface area (Å²) in [7, 11) is 0. The molecular formula is C12H21N. The molecule has 0 bridgehead atoms. The van der Waals surface area contributed by atoms with E-state index in [2.05, 4.69) is 32.1 Å². The fourth-order valence-electron chi connectivity index (χ4n) is 2.04. The molecule has 2 N–H and O–H groups in total. The first-order valence-electron chi connectivity index (χ1n) is 5.36. The minimum Gasteiger partial charge on any atom is -0.330 e. The van der Waals surface area contributed by atoms with E-state index in [1.165, 1.54) is 24.8 Å². The molecule has 0 aromatic heterocycles. The highest BCUT2D eigenvalue weighted by molar-refractivity contribution is 5.25. The van der Waals surface area contributed by atoms with Crippen molar-refractivity contribution in [3.63, 3.8) is 0 Å². The van der Waals surface area contributed by atoms with Crippen LogP contribution in [0.4, 0.5) is 0 Å². The smallest absolute Gasteiger partial charge is 0.00457 e. The molecule has 0 radical (unpaired) electrons. The molecular weight excluding hydrogens is 158 g/mol. The van der Waals surface area contributed by atoms with Crippen molar-refractivity contribution in [3.8, 4) is 0 Å². The second-order valence-corrected chi connectivity index (χ2v) is 3.91. The number of hydrogen-bond acceptors (Lipinski definition) is 1. The van der Waals surface area contributed by atoms with Crippen LogP contribution in [0.5, 0.6) is 0 Å². The van der Waals surface area contributed by atoms with Gasteiger partial charge in [-0.3, -0.25) is 0 Å². The average molecular weight is 179 g/mol. The summed E-state index contributed by atoms with van der Waals surface area (Å²) in [5, 5.41) is 0. The molecule has 0 aromatic carbocycles. The Morgan fingerprint density at radius 3 is 2.69 bits per heavy atom. The van der Waals surface area contributed by atoms with Crippen LogP contribution in [-0.2, 0) is 0 Å². The van der Waals surface area contributed by atoms with Crippen LogP contribution >= 0.6 is 0 Å². The first kappa shape index (κ1) is 10.5. The molecule has 1 aliphatic rings. The zero-order valence-electron chi connectivity index (χ0n) is 8.79. The molecule has 0 saturated carbocycles. The quantitative estimate of drug-likeness (QED) is 0.705. The summed E-state index contributed by atoms with van der Waals surface area (Å²) in [6, 6.07) is 0. The highest BCUT2D eigenvalue weighted by Crippen LogP contribution is 2.27. The highest BCUT2D eigenvalue weighted by atomic mass is 14.5. The molecule has 0 saturated heterocycles. The van der Waals surface area contributed by atoms with Crippen LogP contribution in [0, 0.1) is 11.8 Å². The lowest BCUT2D eigenvalue weighted by molar-refractivity contribution is 0.411. The van der Waals surface area contributed by atoms with E-state index in [9.17, 15) is 0 Å². The maximum absolute atomic E-state index is 5.70. The van der Waals surface area contributed by atoms with E-state index in [0.717, 1.165) is 6.54 Å². The molecule has 1 nitrogen and oxygen atoms in total. The standard InChI is InChI=1S/C12H21N/c1-3-12(10(2)9-13)11-7-5-4-6-8-11/h5,7-8,10,12H,3-4,6,9,13H2,1-2H3. The maximum Gasteiger partial charge on any atom is -0.00457 e. The van der Waals surface area contributed by atoms with E-state index in [0.29, 0.717) is 11.8 Å². The summed E-state index contributed by atoms with van der Waals surface area (Å²) < 4.78 is 0. The predicted molar refractivity (Wildman–Crippen MR) is 58.5 cm³/mol. The van der Waals surface area contributed by atoms with Crippen LogP contribution in [0.25, 0.3) is 0 Å². The predicted octanol–water partition coefficient (Wildman–Crippen LogP) is 2.88. The summed E-state index contributed by atoms with van der Waals surface area (Å²) in [5.74, 6) is 1.28. The zero-order chi connectivity index (χ0) is 9.68. The molecule has 0 amide bonds. The fourth-order valence-corrected chi connectivity index (χ4v) is 2.04. The minimum absolute atomic E-state index is 0.610. The molecule has 2 atom stereocenters. The van der Waals surface area contributed by atoms with Crippen molar-refractivity contribution in [2.45, 2.75) is 33.1 Å². The van der Waals surface area contributed by atoms with Gasteiger partial charge >= 0.3 is 0 Å². The molecule has 0 aromatic rings. The van der Waals surface area contributed by atoms with Crippen molar-refractivity contribution in [3.05, 3.63) is 23.8 Å². The monoisotopic (exact) mass is 179 g/mol. The van der Waals surface area contributed by atoms with Gasteiger partial charge in [0.05, 0.1) is 0 Å². The Kier molecular flexibility index (Phi) is 4.23. The molecule has 0 heterocycles. The first-order valence-corrected chi connectivity index (χ1v) is 5.36. The van der Waals surface area contributed by atoms with Gasteiger partial charge in [-0.15, -0.1) is 0 Å². The lowest BCUT2D eigenvalue weighted by atomic mass is 9.83. The third kappa shape index (κ3) is 2.70. The second kappa shape index (κ2) is 5.23. The van der Waals surface area contributed by atoms with Crippen LogP contribution < -0.4 is 5.73 Å². The largest absolute Gasteiger partial charge is 0.330 e. The summed E-state index contributed by atoms with van der Waals surface area (Å²) in [6.45, 7) is 5.29. The summed E-state index contributed by atoms with van der Waals surface area (Å²) in [6.07, 6.45) is 10.6. The van der Waals surface area contributed by atoms with Crippen LogP contribution in [0.2, 0.25) is 0 Å². The van der Waals surface area contributed by atoms with Gasteiger partial charge in [-0.2, -0.15) is 0 Å². The van der Waals surface area contributed by atoms with Gasteiger partial charge in [0.1, 0.15) is 0 Å². The molecule has 2 unspecified atom stereocenters. The maximum atomic E-state index is 5.70. The summed E-state index contributed by atoms with van der Waals surface area (Å²) >= 11 is 0. The molecule has 1 heteroatoms. The van der Waals surface area contributed by atoms with E-state index in [1.807, 2.05) is 0 Å². The van der Waals surface area contributed by atoms with Crippen molar-refractivity contribution < 1.29 is 0 Å². The van der Waals surface area contributed by atoms with Gasteiger partial charge < -0.3 is 5.73 Å². The van der Waals surface area contributed by atoms with Gasteiger partial charge in [0.2, 0.25) is 0 Å². The van der Waals surface area contributed by atoms with Gasteiger partial charge in [0.25, 0.3) is 0 Å². The Morgan fingerprint density at radius 2 is 2.23 bits per heavy atom. The Bertz CT molecular complexity index is 203. The number of rotatable bonds is 4. The number of hydrogen-bond donors (Lipinski definition) is 1. The van der Waals surface area contributed by atoms with Crippen molar-refractivity contribution in [2.24, 2.45) is 17.6 Å². The zero-order valence-corrected chi connectivity index (χ0v) is 8.79. The van der Waals surface area contributed by atoms with Crippen LogP contribution in [0.3, 0.4) is 0 Å². The van der Waals surface area contributed by atoms with Crippen molar-refractivity contribution in [1.29, 1.82) is 0 Å². The minimum atomic E-state index is 0.610. The third-order valence-corrected chi connectivity index (χ3v) is 2.95. The van der Waals surface area contributed by atoms with Gasteiger partial charge in [-0.05, 0) is 43.2 Å². The summed E-state index contributed by atoms with van der Waals surface area (Å²) in [4.78, 5) is 0. The molecule has 0 fully saturated rings. The summed E-state index contributed by atoms with van der Waals surface area (Å²) in [5.41, 5.74) is 7.21. The second-order valence-electron chi connectivity index (χ2n) is 3.91. The van der Waals surface area contributed by atoms with Gasteiger partial charge in [-0.1, -0.05) is 32.1 Å². The lowest BCUT2D eigenvalue weighted by Crippen LogP contribution is -2.21. The van der Waals surface area contributed by atoms with E-state index >= 15 is 0 Å². The van der Waals surface area contributed by atoms with Crippen molar-refractivity contribution in [2.75, 3.05) is 6.54 Å².